The van der Waals surface area contributed by atoms with E-state index in [1.165, 1.54) is 205 Å². The van der Waals surface area contributed by atoms with E-state index in [0.717, 1.165) is 25.7 Å². The lowest BCUT2D eigenvalue weighted by molar-refractivity contribution is 0.272. The molecule has 2 aliphatic carbocycles. The molecule has 6 heterocycles. The fourth-order valence-electron chi connectivity index (χ4n) is 21.1. The molecule has 0 bridgehead atoms. The summed E-state index contributed by atoms with van der Waals surface area (Å²) in [5, 5.41) is 2.76. The van der Waals surface area contributed by atoms with E-state index in [-0.39, 0.29) is 67.6 Å². The number of benzene rings is 10. The largest absolute Gasteiger partial charge is 0.311 e. The first-order valence-corrected chi connectivity index (χ1v) is 45.2. The van der Waals surface area contributed by atoms with Crippen molar-refractivity contribution in [1.29, 1.82) is 0 Å². The minimum atomic E-state index is -0.129. The highest BCUT2D eigenvalue weighted by Gasteiger charge is 2.51. The smallest absolute Gasteiger partial charge is 0.264 e. The van der Waals surface area contributed by atoms with E-state index in [1.807, 2.05) is 0 Å². The summed E-state index contributed by atoms with van der Waals surface area (Å²) < 4.78 is 5.68. The van der Waals surface area contributed by atoms with Crippen LogP contribution in [0.25, 0.3) is 20.2 Å². The third-order valence-electron chi connectivity index (χ3n) is 28.8. The Morgan fingerprint density at radius 1 is 0.319 bits per heavy atom. The van der Waals surface area contributed by atoms with Crippen molar-refractivity contribution in [3.8, 4) is 0 Å². The zero-order valence-corrected chi connectivity index (χ0v) is 76.8. The van der Waals surface area contributed by atoms with E-state index < -0.39 is 0 Å². The molecule has 0 spiro atoms. The van der Waals surface area contributed by atoms with Gasteiger partial charge in [0.1, 0.15) is 0 Å². The first-order valence-electron chi connectivity index (χ1n) is 43.6. The second kappa shape index (κ2) is 26.0. The molecular formula is C108H124B2N4S2. The Bertz CT molecular complexity index is 6060. The molecule has 116 heavy (non-hydrogen) atoms. The van der Waals surface area contributed by atoms with Crippen LogP contribution in [0.1, 0.15) is 283 Å². The molecule has 1 atom stereocenters. The number of anilines is 12. The van der Waals surface area contributed by atoms with Crippen LogP contribution in [0.5, 0.6) is 0 Å². The summed E-state index contributed by atoms with van der Waals surface area (Å²) in [6.07, 6.45) is 6.76. The van der Waals surface area contributed by atoms with Gasteiger partial charge in [0, 0.05) is 86.6 Å². The van der Waals surface area contributed by atoms with E-state index in [9.17, 15) is 0 Å². The Balaban J connectivity index is 0.764. The lowest BCUT2D eigenvalue weighted by atomic mass is 9.36. The number of aryl methyl sites for hydroxylation is 4. The second-order valence-electron chi connectivity index (χ2n) is 44.6. The average molecular weight is 1560 g/mol. The standard InChI is InChI=1S/C108H124B2N4S2/c1-63-29-40-84(66(4)49-63)114-86-42-35-70(101(11,12)13)58-83(86)110-94-89(52-65(3)53-90(94)114)113(95-76-59-78-80(61-91(76)115-98(95)110)106(24,25)44-43-105(78,22)23)74-38-32-68(33-39-74)104(20,21)45-47-108(28)48-46-107(26,27)79-60-77-92(62-81(79)108)116-97-96(77)112(73-36-30-67(31-37-73)99(5,6)7)88-51-64(2)50-87-93(88)109(97)82-57-69(100(8,9)10)34-41-85(82)111(87)75-55-71(102(14,15)16)54-72(56-75)103(17,18)19/h29-42,49-62H,43-48H2,1-28H3. The molecule has 594 valence electrons. The molecule has 2 aromatic heterocycles. The fraction of sp³-hybridized carbons (Fsp3) is 0.407. The highest BCUT2D eigenvalue weighted by atomic mass is 32.1. The SMILES string of the molecule is Cc1ccc(N2c3ccc(C(C)(C)C)cc3B3c4sc5cc6c(cc5c4N(c4ccc(C(C)(C)CCC5(C)CCC(C)(C)c7cc8c9c(sc8cc75)B5c7cc(C(C)(C)C)ccc7N(c7cc(C(C)(C)C)cc(C(C)(C)C)c7)c7cc(C)cc(c75)N9c5ccc(C(C)(C)C)cc5)cc4)c4cc(C)cc2c43)C(C)(C)CCC6(C)C)c(C)c1. The molecule has 4 aliphatic heterocycles. The van der Waals surface area contributed by atoms with Gasteiger partial charge in [0.05, 0.1) is 11.4 Å². The maximum atomic E-state index is 2.73. The van der Waals surface area contributed by atoms with Gasteiger partial charge in [-0.3, -0.25) is 0 Å². The number of nitrogens with zero attached hydrogens (tertiary/aromatic N) is 4. The summed E-state index contributed by atoms with van der Waals surface area (Å²) in [6, 6.07) is 70.1. The zero-order valence-electron chi connectivity index (χ0n) is 75.2. The molecule has 0 fully saturated rings. The summed E-state index contributed by atoms with van der Waals surface area (Å²) in [7, 11) is 0. The number of hydrogen-bond donors (Lipinski definition) is 0. The van der Waals surface area contributed by atoms with Crippen LogP contribution in [-0.2, 0) is 54.1 Å². The third-order valence-corrected chi connectivity index (χ3v) is 31.3. The van der Waals surface area contributed by atoms with Crippen molar-refractivity contribution in [2.75, 3.05) is 19.6 Å². The van der Waals surface area contributed by atoms with Crippen molar-refractivity contribution in [3.63, 3.8) is 0 Å². The van der Waals surface area contributed by atoms with Gasteiger partial charge in [0.15, 0.2) is 0 Å². The van der Waals surface area contributed by atoms with Crippen LogP contribution in [0.15, 0.2) is 170 Å². The maximum Gasteiger partial charge on any atom is 0.264 e. The molecule has 18 rings (SSSR count). The number of thiophene rings is 2. The van der Waals surface area contributed by atoms with Gasteiger partial charge >= 0.3 is 0 Å². The first kappa shape index (κ1) is 78.6. The highest BCUT2D eigenvalue weighted by Crippen LogP contribution is 2.58. The van der Waals surface area contributed by atoms with E-state index in [1.54, 1.807) is 5.56 Å². The van der Waals surface area contributed by atoms with E-state index in [0.29, 0.717) is 0 Å². The third kappa shape index (κ3) is 12.5. The quantitative estimate of drug-likeness (QED) is 0.141. The zero-order chi connectivity index (χ0) is 82.7. The van der Waals surface area contributed by atoms with E-state index in [2.05, 4.69) is 406 Å². The van der Waals surface area contributed by atoms with Crippen LogP contribution in [0.3, 0.4) is 0 Å². The molecule has 1 unspecified atom stereocenters. The van der Waals surface area contributed by atoms with Gasteiger partial charge in [-0.25, -0.2) is 0 Å². The molecule has 8 heteroatoms. The van der Waals surface area contributed by atoms with Crippen LogP contribution < -0.4 is 51.0 Å². The van der Waals surface area contributed by atoms with Crippen molar-refractivity contribution in [1.82, 2.24) is 0 Å². The van der Waals surface area contributed by atoms with Crippen molar-refractivity contribution in [2.45, 2.75) is 287 Å². The molecule has 4 nitrogen and oxygen atoms in total. The minimum absolute atomic E-state index is 0.00672. The molecule has 0 radical (unpaired) electrons. The lowest BCUT2D eigenvalue weighted by Crippen LogP contribution is -2.60. The molecule has 6 aliphatic rings. The van der Waals surface area contributed by atoms with Gasteiger partial charge < -0.3 is 19.6 Å². The molecule has 0 amide bonds. The molecule has 12 aromatic rings. The van der Waals surface area contributed by atoms with Crippen molar-refractivity contribution >= 4 is 156 Å². The van der Waals surface area contributed by atoms with Crippen molar-refractivity contribution in [2.24, 2.45) is 0 Å². The Morgan fingerprint density at radius 3 is 1.15 bits per heavy atom. The van der Waals surface area contributed by atoms with Crippen LogP contribution in [-0.4, -0.2) is 13.4 Å². The number of hydrogen-bond acceptors (Lipinski definition) is 6. The minimum Gasteiger partial charge on any atom is -0.311 e. The van der Waals surface area contributed by atoms with E-state index in [4.69, 9.17) is 0 Å². The van der Waals surface area contributed by atoms with Crippen LogP contribution in [0, 0.1) is 27.7 Å². The van der Waals surface area contributed by atoms with Gasteiger partial charge in [-0.05, 0) is 318 Å². The van der Waals surface area contributed by atoms with Crippen LogP contribution in [0.4, 0.5) is 68.2 Å². The van der Waals surface area contributed by atoms with Crippen LogP contribution >= 0.6 is 22.7 Å². The predicted molar refractivity (Wildman–Crippen MR) is 511 cm³/mol. The van der Waals surface area contributed by atoms with Gasteiger partial charge in [-0.1, -0.05) is 238 Å². The van der Waals surface area contributed by atoms with Gasteiger partial charge in [0.25, 0.3) is 13.4 Å². The Morgan fingerprint density at radius 2 is 0.698 bits per heavy atom. The number of rotatable bonds is 8. The molecule has 10 aromatic carbocycles. The molecular weight excluding hydrogens is 1440 g/mol. The van der Waals surface area contributed by atoms with Gasteiger partial charge in [-0.2, -0.15) is 0 Å². The van der Waals surface area contributed by atoms with Crippen molar-refractivity contribution < 1.29 is 0 Å². The van der Waals surface area contributed by atoms with Crippen LogP contribution in [0.2, 0.25) is 0 Å². The summed E-state index contributed by atoms with van der Waals surface area (Å²) in [5.41, 5.74) is 40.0. The molecule has 0 saturated carbocycles. The second-order valence-corrected chi connectivity index (χ2v) is 46.8. The Kier molecular flexibility index (Phi) is 17.6. The fourth-order valence-corrected chi connectivity index (χ4v) is 23.8. The lowest BCUT2D eigenvalue weighted by Gasteiger charge is -2.45. The molecule has 0 N–H and O–H groups in total. The predicted octanol–water partition coefficient (Wildman–Crippen LogP) is 27.4. The summed E-state index contributed by atoms with van der Waals surface area (Å²) in [5.74, 6) is 0. The van der Waals surface area contributed by atoms with E-state index >= 15 is 0 Å². The summed E-state index contributed by atoms with van der Waals surface area (Å²) in [6.45, 7) is 67.6. The van der Waals surface area contributed by atoms with Crippen molar-refractivity contribution in [3.05, 3.63) is 248 Å². The maximum absolute atomic E-state index is 2.73. The highest BCUT2D eigenvalue weighted by molar-refractivity contribution is 7.34. The average Bonchev–Trinajstić information content (AvgIpc) is 1.43. The number of fused-ring (bicyclic) bond motifs is 14. The summed E-state index contributed by atoms with van der Waals surface area (Å²) >= 11 is 4.14. The molecule has 0 saturated heterocycles. The summed E-state index contributed by atoms with van der Waals surface area (Å²) in [4.78, 5) is 10.7. The van der Waals surface area contributed by atoms with Gasteiger partial charge in [-0.15, -0.1) is 22.7 Å². The van der Waals surface area contributed by atoms with Gasteiger partial charge in [0.2, 0.25) is 0 Å². The Hall–Kier alpha value is -8.55. The normalized spacial score (nSPS) is 17.9. The first-order chi connectivity index (χ1) is 54.1. The Labute approximate surface area is 704 Å². The topological polar surface area (TPSA) is 13.0 Å². The monoisotopic (exact) mass is 1560 g/mol.